The predicted octanol–water partition coefficient (Wildman–Crippen LogP) is 5.22. The van der Waals surface area contributed by atoms with Gasteiger partial charge in [0, 0.05) is 17.7 Å². The van der Waals surface area contributed by atoms with Crippen LogP contribution in [0.5, 0.6) is 28.7 Å². The number of Topliss-reactive ketones (excluding diaryl/α,β-unsaturated/α-hetero) is 1. The first kappa shape index (κ1) is 21.3. The minimum Gasteiger partial charge on any atom is -0.496 e. The summed E-state index contributed by atoms with van der Waals surface area (Å²) in [5.74, 6) is 2.67. The van der Waals surface area contributed by atoms with Gasteiger partial charge in [-0.1, -0.05) is 24.3 Å². The van der Waals surface area contributed by atoms with Gasteiger partial charge < -0.3 is 23.7 Å². The van der Waals surface area contributed by atoms with Crippen molar-refractivity contribution in [3.8, 4) is 28.7 Å². The first-order valence-electron chi connectivity index (χ1n) is 10.1. The lowest BCUT2D eigenvalue weighted by atomic mass is 10.1. The lowest BCUT2D eigenvalue weighted by Gasteiger charge is -2.12. The number of fused-ring (bicyclic) bond motifs is 1. The fourth-order valence-corrected chi connectivity index (χ4v) is 3.50. The van der Waals surface area contributed by atoms with Crippen LogP contribution in [0.25, 0.3) is 6.08 Å². The molecule has 0 unspecified atom stereocenters. The largest absolute Gasteiger partial charge is 0.496 e. The van der Waals surface area contributed by atoms with E-state index in [1.165, 1.54) is 0 Å². The van der Waals surface area contributed by atoms with Crippen LogP contribution in [0.15, 0.2) is 60.4 Å². The van der Waals surface area contributed by atoms with E-state index in [1.54, 1.807) is 57.7 Å². The Kier molecular flexibility index (Phi) is 6.03. The lowest BCUT2D eigenvalue weighted by molar-refractivity contribution is 0.101. The quantitative estimate of drug-likeness (QED) is 0.477. The number of hydrogen-bond donors (Lipinski definition) is 0. The average molecular weight is 432 g/mol. The second-order valence-electron chi connectivity index (χ2n) is 7.26. The van der Waals surface area contributed by atoms with Crippen LogP contribution in [0.1, 0.15) is 27.0 Å². The van der Waals surface area contributed by atoms with E-state index in [0.29, 0.717) is 46.5 Å². The summed E-state index contributed by atoms with van der Waals surface area (Å²) >= 11 is 0. The Bertz CT molecular complexity index is 1190. The zero-order valence-electron chi connectivity index (χ0n) is 18.4. The van der Waals surface area contributed by atoms with Crippen LogP contribution < -0.4 is 23.7 Å². The highest BCUT2D eigenvalue weighted by Crippen LogP contribution is 2.39. The third-order valence-electron chi connectivity index (χ3n) is 5.32. The molecular weight excluding hydrogens is 408 g/mol. The molecule has 0 fully saturated rings. The standard InChI is InChI=1S/C26H24O6/c1-16-7-5-6-8-17(16)15-31-19-9-10-20-22(13-19)32-25(26(20)27)12-18-11-23(29-3)24(30-4)14-21(18)28-2/h5-14H,15H2,1-4H3. The van der Waals surface area contributed by atoms with E-state index in [4.69, 9.17) is 23.7 Å². The molecule has 0 radical (unpaired) electrons. The summed E-state index contributed by atoms with van der Waals surface area (Å²) in [5, 5.41) is 0. The van der Waals surface area contributed by atoms with Crippen molar-refractivity contribution >= 4 is 11.9 Å². The van der Waals surface area contributed by atoms with Gasteiger partial charge in [-0.2, -0.15) is 0 Å². The molecule has 0 spiro atoms. The highest BCUT2D eigenvalue weighted by Gasteiger charge is 2.28. The lowest BCUT2D eigenvalue weighted by Crippen LogP contribution is -2.00. The fourth-order valence-electron chi connectivity index (χ4n) is 3.50. The molecule has 0 bridgehead atoms. The van der Waals surface area contributed by atoms with Crippen molar-refractivity contribution in [2.45, 2.75) is 13.5 Å². The van der Waals surface area contributed by atoms with Crippen molar-refractivity contribution in [1.29, 1.82) is 0 Å². The molecular formula is C26H24O6. The third kappa shape index (κ3) is 4.12. The smallest absolute Gasteiger partial charge is 0.231 e. The van der Waals surface area contributed by atoms with Crippen LogP contribution in [-0.2, 0) is 6.61 Å². The van der Waals surface area contributed by atoms with E-state index in [9.17, 15) is 4.79 Å². The van der Waals surface area contributed by atoms with Crippen molar-refractivity contribution in [3.63, 3.8) is 0 Å². The zero-order valence-corrected chi connectivity index (χ0v) is 18.4. The van der Waals surface area contributed by atoms with Gasteiger partial charge in [0.1, 0.15) is 23.9 Å². The van der Waals surface area contributed by atoms with Gasteiger partial charge in [0.25, 0.3) is 0 Å². The molecule has 0 amide bonds. The van der Waals surface area contributed by atoms with E-state index in [-0.39, 0.29) is 11.5 Å². The molecule has 0 aromatic heterocycles. The van der Waals surface area contributed by atoms with Crippen LogP contribution in [-0.4, -0.2) is 27.1 Å². The maximum Gasteiger partial charge on any atom is 0.231 e. The number of carbonyl (C=O) groups is 1. The molecule has 164 valence electrons. The molecule has 0 saturated heterocycles. The van der Waals surface area contributed by atoms with Crippen molar-refractivity contribution in [1.82, 2.24) is 0 Å². The highest BCUT2D eigenvalue weighted by molar-refractivity contribution is 6.14. The summed E-state index contributed by atoms with van der Waals surface area (Å²) in [6.45, 7) is 2.48. The van der Waals surface area contributed by atoms with E-state index < -0.39 is 0 Å². The van der Waals surface area contributed by atoms with Gasteiger partial charge in [0.05, 0.1) is 26.9 Å². The highest BCUT2D eigenvalue weighted by atomic mass is 16.5. The Hall–Kier alpha value is -3.93. The van der Waals surface area contributed by atoms with Gasteiger partial charge in [-0.05, 0) is 42.3 Å². The van der Waals surface area contributed by atoms with Crippen LogP contribution in [0.2, 0.25) is 0 Å². The summed E-state index contributed by atoms with van der Waals surface area (Å²) < 4.78 is 27.9. The molecule has 32 heavy (non-hydrogen) atoms. The van der Waals surface area contributed by atoms with Gasteiger partial charge in [0.15, 0.2) is 17.3 Å². The summed E-state index contributed by atoms with van der Waals surface area (Å²) in [4.78, 5) is 12.9. The molecule has 1 aliphatic heterocycles. The summed E-state index contributed by atoms with van der Waals surface area (Å²) in [5.41, 5.74) is 3.39. The van der Waals surface area contributed by atoms with Crippen molar-refractivity contribution in [2.24, 2.45) is 0 Å². The van der Waals surface area contributed by atoms with Gasteiger partial charge in [-0.3, -0.25) is 4.79 Å². The number of aryl methyl sites for hydroxylation is 1. The predicted molar refractivity (Wildman–Crippen MR) is 121 cm³/mol. The summed E-state index contributed by atoms with van der Waals surface area (Å²) in [7, 11) is 4.65. The first-order valence-corrected chi connectivity index (χ1v) is 10.1. The second kappa shape index (κ2) is 9.06. The number of hydrogen-bond acceptors (Lipinski definition) is 6. The molecule has 0 saturated carbocycles. The number of ketones is 1. The molecule has 1 aliphatic rings. The summed E-state index contributed by atoms with van der Waals surface area (Å²) in [6.07, 6.45) is 1.64. The molecule has 0 aliphatic carbocycles. The average Bonchev–Trinajstić information content (AvgIpc) is 3.12. The van der Waals surface area contributed by atoms with Crippen LogP contribution >= 0.6 is 0 Å². The number of allylic oxidation sites excluding steroid dienone is 1. The van der Waals surface area contributed by atoms with E-state index in [0.717, 1.165) is 11.1 Å². The Morgan fingerprint density at radius 3 is 2.31 bits per heavy atom. The maximum atomic E-state index is 12.9. The molecule has 6 heteroatoms. The molecule has 0 N–H and O–H groups in total. The molecule has 3 aromatic rings. The minimum atomic E-state index is -0.206. The molecule has 4 rings (SSSR count). The normalized spacial score (nSPS) is 13.5. The van der Waals surface area contributed by atoms with Crippen molar-refractivity contribution in [3.05, 3.63) is 82.6 Å². The van der Waals surface area contributed by atoms with Gasteiger partial charge in [0.2, 0.25) is 5.78 Å². The Morgan fingerprint density at radius 1 is 0.875 bits per heavy atom. The van der Waals surface area contributed by atoms with Crippen molar-refractivity contribution < 1.29 is 28.5 Å². The zero-order chi connectivity index (χ0) is 22.7. The number of methoxy groups -OCH3 is 3. The topological polar surface area (TPSA) is 63.2 Å². The van der Waals surface area contributed by atoms with Crippen LogP contribution in [0, 0.1) is 6.92 Å². The van der Waals surface area contributed by atoms with Gasteiger partial charge >= 0.3 is 0 Å². The van der Waals surface area contributed by atoms with Gasteiger partial charge in [-0.15, -0.1) is 0 Å². The Morgan fingerprint density at radius 2 is 1.59 bits per heavy atom. The first-order chi connectivity index (χ1) is 15.5. The Balaban J connectivity index is 1.58. The number of rotatable bonds is 7. The molecule has 1 heterocycles. The minimum absolute atomic E-state index is 0.196. The molecule has 6 nitrogen and oxygen atoms in total. The number of ether oxygens (including phenoxy) is 5. The monoisotopic (exact) mass is 432 g/mol. The second-order valence-corrected chi connectivity index (χ2v) is 7.26. The van der Waals surface area contributed by atoms with Crippen molar-refractivity contribution in [2.75, 3.05) is 21.3 Å². The van der Waals surface area contributed by atoms with Crippen LogP contribution in [0.3, 0.4) is 0 Å². The summed E-state index contributed by atoms with van der Waals surface area (Å²) in [6, 6.07) is 16.7. The maximum absolute atomic E-state index is 12.9. The molecule has 0 atom stereocenters. The molecule has 3 aromatic carbocycles. The Labute approximate surface area is 186 Å². The SMILES string of the molecule is COc1cc(OC)c(OC)cc1C=C1Oc2cc(OCc3ccccc3C)ccc2C1=O. The van der Waals surface area contributed by atoms with E-state index >= 15 is 0 Å². The fraction of sp³-hybridized carbons (Fsp3) is 0.192. The number of carbonyl (C=O) groups excluding carboxylic acids is 1. The van der Waals surface area contributed by atoms with E-state index in [2.05, 4.69) is 0 Å². The van der Waals surface area contributed by atoms with Gasteiger partial charge in [-0.25, -0.2) is 0 Å². The van der Waals surface area contributed by atoms with Crippen LogP contribution in [0.4, 0.5) is 0 Å². The third-order valence-corrected chi connectivity index (χ3v) is 5.32. The number of benzene rings is 3. The van der Waals surface area contributed by atoms with E-state index in [1.807, 2.05) is 31.2 Å².